The number of hydrogen-bond acceptors (Lipinski definition) is 13. The third-order valence-electron chi connectivity index (χ3n) is 12.6. The first-order valence-electron chi connectivity index (χ1n) is 24.8. The molecule has 74 heavy (non-hydrogen) atoms. The molecule has 0 saturated carbocycles. The Hall–Kier alpha value is -6.88. The fraction of sp³-hybridized carbons (Fsp3) is 0.279. The van der Waals surface area contributed by atoms with Crippen molar-refractivity contribution in [3.63, 3.8) is 0 Å². The van der Waals surface area contributed by atoms with Gasteiger partial charge in [0.2, 0.25) is 0 Å². The largest absolute Gasteiger partial charge is 0.459 e. The predicted octanol–water partition coefficient (Wildman–Crippen LogP) is 9.45. The maximum absolute atomic E-state index is 14.2. The fourth-order valence-electron chi connectivity index (χ4n) is 8.79. The quantitative estimate of drug-likeness (QED) is 0.0608. The van der Waals surface area contributed by atoms with Gasteiger partial charge in [0.25, 0.3) is 0 Å². The number of aliphatic hydroxyl groups excluding tert-OH is 1. The van der Waals surface area contributed by atoms with Crippen LogP contribution in [0.4, 0.5) is 0 Å². The maximum Gasteiger partial charge on any atom is 0.338 e. The van der Waals surface area contributed by atoms with Crippen LogP contribution in [0.15, 0.2) is 212 Å². The van der Waals surface area contributed by atoms with Crippen LogP contribution in [0.25, 0.3) is 0 Å². The van der Waals surface area contributed by atoms with Gasteiger partial charge in [0.15, 0.2) is 18.7 Å². The highest BCUT2D eigenvalue weighted by Crippen LogP contribution is 2.36. The molecule has 10 atom stereocenters. The van der Waals surface area contributed by atoms with Crippen LogP contribution in [0, 0.1) is 0 Å². The van der Waals surface area contributed by atoms with E-state index in [1.54, 1.807) is 60.7 Å². The molecule has 9 rings (SSSR count). The first-order valence-corrected chi connectivity index (χ1v) is 24.8. The van der Waals surface area contributed by atoms with E-state index < -0.39 is 80.0 Å². The second-order valence-corrected chi connectivity index (χ2v) is 18.0. The zero-order valence-corrected chi connectivity index (χ0v) is 40.8. The number of carbonyl (C=O) groups excluding carboxylic acids is 2. The molecule has 0 aromatic heterocycles. The molecule has 7 aromatic carbocycles. The Balaban J connectivity index is 1.11. The van der Waals surface area contributed by atoms with Crippen LogP contribution in [0.2, 0.25) is 0 Å². The van der Waals surface area contributed by atoms with Crippen LogP contribution in [-0.2, 0) is 80.4 Å². The van der Waals surface area contributed by atoms with Crippen molar-refractivity contribution >= 4 is 11.9 Å². The molecule has 0 bridgehead atoms. The summed E-state index contributed by atoms with van der Waals surface area (Å²) < 4.78 is 66.5. The average Bonchev–Trinajstić information content (AvgIpc) is 3.46. The summed E-state index contributed by atoms with van der Waals surface area (Å²) in [6, 6.07) is 65.3. The van der Waals surface area contributed by atoms with E-state index in [2.05, 4.69) is 0 Å². The monoisotopic (exact) mass is 1000 g/mol. The van der Waals surface area contributed by atoms with Gasteiger partial charge in [-0.25, -0.2) is 9.59 Å². The van der Waals surface area contributed by atoms with Gasteiger partial charge in [-0.1, -0.05) is 188 Å². The molecule has 0 spiro atoms. The summed E-state index contributed by atoms with van der Waals surface area (Å²) in [6.45, 7) is 0.343. The van der Waals surface area contributed by atoms with Crippen molar-refractivity contribution in [2.45, 2.75) is 94.4 Å². The van der Waals surface area contributed by atoms with Gasteiger partial charge >= 0.3 is 11.9 Å². The second kappa shape index (κ2) is 26.9. The summed E-state index contributed by atoms with van der Waals surface area (Å²) in [6.07, 6.45) is -12.2. The Morgan fingerprint density at radius 1 is 0.378 bits per heavy atom. The molecule has 0 radical (unpaired) electrons. The number of ether oxygens (including phenoxy) is 10. The van der Waals surface area contributed by atoms with E-state index in [-0.39, 0.29) is 45.2 Å². The Labute approximate surface area is 431 Å². The average molecular weight is 1000 g/mol. The van der Waals surface area contributed by atoms with Crippen molar-refractivity contribution in [2.24, 2.45) is 0 Å². The molecular weight excluding hydrogens is 941 g/mol. The van der Waals surface area contributed by atoms with E-state index in [0.29, 0.717) is 5.56 Å². The van der Waals surface area contributed by atoms with Gasteiger partial charge in [0.1, 0.15) is 49.3 Å². The van der Waals surface area contributed by atoms with E-state index in [9.17, 15) is 14.7 Å². The summed E-state index contributed by atoms with van der Waals surface area (Å²) in [5.41, 5.74) is 4.97. The minimum absolute atomic E-state index is 0.0175. The van der Waals surface area contributed by atoms with E-state index in [0.717, 1.165) is 27.8 Å². The third kappa shape index (κ3) is 14.4. The standard InChI is InChI=1S/C61H60O13/c62-52-50(42-69-58(63)48-32-18-6-19-33-48)71-60(70-40-47-30-16-5-17-31-47)57(73-59(64)49-34-20-7-21-35-49)54(52)74-61-56(68-39-46-28-14-4-15-29-46)55(67-38-45-26-12-3-13-27-45)53(66-37-44-24-10-2-11-25-44)51(72-61)41-65-36-43-22-8-1-9-23-43/h1-35,50-57,60-62H,36-42H2/t50-,51-,52+,53+,54+,55+,56-,57-,60+,61-/m1/s1. The van der Waals surface area contributed by atoms with Gasteiger partial charge in [0.05, 0.1) is 50.8 Å². The molecule has 13 heteroatoms. The van der Waals surface area contributed by atoms with Crippen LogP contribution < -0.4 is 0 Å². The molecule has 0 amide bonds. The molecule has 0 unspecified atom stereocenters. The molecule has 2 heterocycles. The van der Waals surface area contributed by atoms with E-state index in [1.807, 2.05) is 152 Å². The molecule has 1 N–H and O–H groups in total. The summed E-state index contributed by atoms with van der Waals surface area (Å²) in [5.74, 6) is -1.36. The van der Waals surface area contributed by atoms with Crippen molar-refractivity contribution in [3.8, 4) is 0 Å². The highest BCUT2D eigenvalue weighted by Gasteiger charge is 2.55. The van der Waals surface area contributed by atoms with Crippen LogP contribution in [0.3, 0.4) is 0 Å². The van der Waals surface area contributed by atoms with Crippen LogP contribution >= 0.6 is 0 Å². The van der Waals surface area contributed by atoms with Crippen LogP contribution in [-0.4, -0.2) is 91.7 Å². The zero-order valence-electron chi connectivity index (χ0n) is 40.8. The molecule has 0 aliphatic carbocycles. The van der Waals surface area contributed by atoms with Gasteiger partial charge < -0.3 is 52.5 Å². The van der Waals surface area contributed by atoms with Gasteiger partial charge in [-0.3, -0.25) is 0 Å². The summed E-state index contributed by atoms with van der Waals surface area (Å²) in [4.78, 5) is 27.6. The first kappa shape index (κ1) is 52.0. The van der Waals surface area contributed by atoms with Crippen molar-refractivity contribution in [1.82, 2.24) is 0 Å². The SMILES string of the molecule is O=C(OC[C@H]1O[C@H](OCc2ccccc2)[C@H](OC(=O)c2ccccc2)[C@@H](O[C@H]2O[C@H](COCc3ccccc3)[C@H](OCc3ccccc3)[C@H](OCc3ccccc3)[C@H]2OCc2ccccc2)[C@H]1O)c1ccccc1. The van der Waals surface area contributed by atoms with Crippen molar-refractivity contribution in [3.05, 3.63) is 251 Å². The lowest BCUT2D eigenvalue weighted by atomic mass is 9.96. The number of rotatable bonds is 23. The summed E-state index contributed by atoms with van der Waals surface area (Å²) >= 11 is 0. The Kier molecular flexibility index (Phi) is 18.9. The van der Waals surface area contributed by atoms with E-state index in [1.165, 1.54) is 0 Å². The lowest BCUT2D eigenvalue weighted by Gasteiger charge is -2.49. The molecule has 2 fully saturated rings. The number of carbonyl (C=O) groups is 2. The van der Waals surface area contributed by atoms with Crippen molar-refractivity contribution in [2.75, 3.05) is 13.2 Å². The Morgan fingerprint density at radius 3 is 1.26 bits per heavy atom. The van der Waals surface area contributed by atoms with E-state index >= 15 is 0 Å². The van der Waals surface area contributed by atoms with Gasteiger partial charge in [0, 0.05) is 0 Å². The topological polar surface area (TPSA) is 147 Å². The molecule has 382 valence electrons. The minimum atomic E-state index is -1.62. The minimum Gasteiger partial charge on any atom is -0.459 e. The lowest BCUT2D eigenvalue weighted by molar-refractivity contribution is -0.371. The normalized spacial score (nSPS) is 23.6. The van der Waals surface area contributed by atoms with Crippen LogP contribution in [0.1, 0.15) is 48.5 Å². The smallest absolute Gasteiger partial charge is 0.338 e. The highest BCUT2D eigenvalue weighted by molar-refractivity contribution is 5.90. The first-order chi connectivity index (χ1) is 36.4. The summed E-state index contributed by atoms with van der Waals surface area (Å²) in [7, 11) is 0. The van der Waals surface area contributed by atoms with Gasteiger partial charge in [-0.2, -0.15) is 0 Å². The van der Waals surface area contributed by atoms with E-state index in [4.69, 9.17) is 47.4 Å². The van der Waals surface area contributed by atoms with Gasteiger partial charge in [-0.15, -0.1) is 0 Å². The number of aliphatic hydroxyl groups is 1. The molecule has 2 saturated heterocycles. The van der Waals surface area contributed by atoms with Crippen molar-refractivity contribution < 1.29 is 62.1 Å². The molecule has 2 aliphatic rings. The second-order valence-electron chi connectivity index (χ2n) is 18.0. The maximum atomic E-state index is 14.2. The highest BCUT2D eigenvalue weighted by atomic mass is 16.8. The van der Waals surface area contributed by atoms with Crippen molar-refractivity contribution in [1.29, 1.82) is 0 Å². The zero-order chi connectivity index (χ0) is 50.7. The lowest BCUT2D eigenvalue weighted by Crippen LogP contribution is -2.66. The molecular formula is C61H60O13. The fourth-order valence-corrected chi connectivity index (χ4v) is 8.79. The number of hydrogen-bond donors (Lipinski definition) is 1. The molecule has 13 nitrogen and oxygen atoms in total. The Bertz CT molecular complexity index is 2720. The summed E-state index contributed by atoms with van der Waals surface area (Å²) in [5, 5.41) is 12.6. The molecule has 2 aliphatic heterocycles. The third-order valence-corrected chi connectivity index (χ3v) is 12.6. The van der Waals surface area contributed by atoms with Crippen LogP contribution in [0.5, 0.6) is 0 Å². The number of esters is 2. The predicted molar refractivity (Wildman–Crippen MR) is 273 cm³/mol. The van der Waals surface area contributed by atoms with Gasteiger partial charge in [-0.05, 0) is 52.1 Å². The number of benzene rings is 7. The molecule has 7 aromatic rings. The Morgan fingerprint density at radius 2 is 0.770 bits per heavy atom.